The Morgan fingerprint density at radius 3 is 2.29 bits per heavy atom. The minimum atomic E-state index is -0.905. The van der Waals surface area contributed by atoms with Gasteiger partial charge in [-0.3, -0.25) is 9.59 Å². The van der Waals surface area contributed by atoms with Gasteiger partial charge in [-0.05, 0) is 41.8 Å². The standard InChI is InChI=1S/C26H26Cl2N2O4/c27-21-13-11-19(12-14-21)17-30(24(32)18-34-23-10-5-4-9-22(23)28)25(20-7-2-1-3-8-20)26(33)29-15-6-16-31/h1-5,7-14,25,31H,6,15-18H2,(H,29,33)/t25-/m1/s1. The molecule has 0 spiro atoms. The fraction of sp³-hybridized carbons (Fsp3) is 0.231. The third-order valence-electron chi connectivity index (χ3n) is 5.08. The van der Waals surface area contributed by atoms with Crippen molar-refractivity contribution in [1.82, 2.24) is 10.2 Å². The highest BCUT2D eigenvalue weighted by molar-refractivity contribution is 6.32. The maximum atomic E-state index is 13.5. The van der Waals surface area contributed by atoms with Crippen molar-refractivity contribution < 1.29 is 19.4 Å². The maximum Gasteiger partial charge on any atom is 0.261 e. The van der Waals surface area contributed by atoms with E-state index in [0.29, 0.717) is 27.8 Å². The number of ether oxygens (including phenoxy) is 1. The van der Waals surface area contributed by atoms with Crippen molar-refractivity contribution >= 4 is 35.0 Å². The van der Waals surface area contributed by atoms with Gasteiger partial charge in [-0.1, -0.05) is 77.8 Å². The first-order chi connectivity index (χ1) is 16.5. The Labute approximate surface area is 209 Å². The number of rotatable bonds is 11. The molecule has 6 nitrogen and oxygen atoms in total. The van der Waals surface area contributed by atoms with Crippen LogP contribution in [0.2, 0.25) is 10.0 Å². The zero-order valence-corrected chi connectivity index (χ0v) is 20.0. The second-order valence-corrected chi connectivity index (χ2v) is 8.39. The van der Waals surface area contributed by atoms with Gasteiger partial charge in [0.1, 0.15) is 11.8 Å². The minimum absolute atomic E-state index is 0.0463. The highest BCUT2D eigenvalue weighted by atomic mass is 35.5. The summed E-state index contributed by atoms with van der Waals surface area (Å²) in [5.74, 6) is -0.353. The molecule has 0 aliphatic rings. The quantitative estimate of drug-likeness (QED) is 0.376. The van der Waals surface area contributed by atoms with Gasteiger partial charge >= 0.3 is 0 Å². The van der Waals surface area contributed by atoms with E-state index in [0.717, 1.165) is 5.56 Å². The normalized spacial score (nSPS) is 11.5. The van der Waals surface area contributed by atoms with E-state index in [-0.39, 0.29) is 38.1 Å². The molecule has 0 radical (unpaired) electrons. The zero-order chi connectivity index (χ0) is 24.3. The van der Waals surface area contributed by atoms with Gasteiger partial charge in [0.05, 0.1) is 5.02 Å². The van der Waals surface area contributed by atoms with Gasteiger partial charge in [0.2, 0.25) is 5.91 Å². The molecule has 0 bridgehead atoms. The Hall–Kier alpha value is -3.06. The van der Waals surface area contributed by atoms with Crippen LogP contribution in [0.1, 0.15) is 23.6 Å². The van der Waals surface area contributed by atoms with E-state index < -0.39 is 6.04 Å². The summed E-state index contributed by atoms with van der Waals surface area (Å²) in [6.45, 7) is 0.104. The summed E-state index contributed by atoms with van der Waals surface area (Å²) in [7, 11) is 0. The number of halogens is 2. The van der Waals surface area contributed by atoms with Crippen LogP contribution in [0.25, 0.3) is 0 Å². The molecule has 2 N–H and O–H groups in total. The molecule has 1 atom stereocenters. The van der Waals surface area contributed by atoms with Crippen molar-refractivity contribution in [2.24, 2.45) is 0 Å². The predicted molar refractivity (Wildman–Crippen MR) is 133 cm³/mol. The van der Waals surface area contributed by atoms with E-state index in [9.17, 15) is 9.59 Å². The molecule has 0 saturated carbocycles. The fourth-order valence-electron chi connectivity index (χ4n) is 3.39. The Bertz CT molecular complexity index is 1080. The number of hydrogen-bond acceptors (Lipinski definition) is 4. The zero-order valence-electron chi connectivity index (χ0n) is 18.5. The first-order valence-electron chi connectivity index (χ1n) is 10.8. The van der Waals surface area contributed by atoms with Crippen LogP contribution in [-0.2, 0) is 16.1 Å². The van der Waals surface area contributed by atoms with Gasteiger partial charge in [0.25, 0.3) is 5.91 Å². The Balaban J connectivity index is 1.91. The van der Waals surface area contributed by atoms with Crippen molar-refractivity contribution in [3.05, 3.63) is 100 Å². The van der Waals surface area contributed by atoms with E-state index in [1.807, 2.05) is 30.3 Å². The number of amides is 2. The summed E-state index contributed by atoms with van der Waals surface area (Å²) in [6.07, 6.45) is 0.411. The topological polar surface area (TPSA) is 78.9 Å². The van der Waals surface area contributed by atoms with Gasteiger partial charge in [0, 0.05) is 24.7 Å². The monoisotopic (exact) mass is 500 g/mol. The van der Waals surface area contributed by atoms with Crippen molar-refractivity contribution in [1.29, 1.82) is 0 Å². The predicted octanol–water partition coefficient (Wildman–Crippen LogP) is 4.64. The Morgan fingerprint density at radius 1 is 0.941 bits per heavy atom. The molecule has 0 unspecified atom stereocenters. The third kappa shape index (κ3) is 7.22. The van der Waals surface area contributed by atoms with Crippen molar-refractivity contribution in [2.45, 2.75) is 19.0 Å². The van der Waals surface area contributed by atoms with Crippen molar-refractivity contribution in [3.63, 3.8) is 0 Å². The lowest BCUT2D eigenvalue weighted by atomic mass is 10.0. The maximum absolute atomic E-state index is 13.5. The lowest BCUT2D eigenvalue weighted by Gasteiger charge is -2.31. The van der Waals surface area contributed by atoms with Gasteiger partial charge in [-0.25, -0.2) is 0 Å². The van der Waals surface area contributed by atoms with Crippen LogP contribution >= 0.6 is 23.2 Å². The summed E-state index contributed by atoms with van der Waals surface area (Å²) in [4.78, 5) is 28.2. The second-order valence-electron chi connectivity index (χ2n) is 7.55. The molecule has 3 aromatic rings. The van der Waals surface area contributed by atoms with Gasteiger partial charge in [-0.2, -0.15) is 0 Å². The molecular formula is C26H26Cl2N2O4. The van der Waals surface area contributed by atoms with E-state index in [4.69, 9.17) is 33.0 Å². The summed E-state index contributed by atoms with van der Waals surface area (Å²) >= 11 is 12.2. The average Bonchev–Trinajstić information content (AvgIpc) is 2.85. The van der Waals surface area contributed by atoms with Gasteiger partial charge in [-0.15, -0.1) is 0 Å². The molecule has 0 aromatic heterocycles. The van der Waals surface area contributed by atoms with Crippen LogP contribution in [0.3, 0.4) is 0 Å². The lowest BCUT2D eigenvalue weighted by molar-refractivity contribution is -0.143. The highest BCUT2D eigenvalue weighted by Gasteiger charge is 2.31. The van der Waals surface area contributed by atoms with Crippen LogP contribution in [-0.4, -0.2) is 41.6 Å². The molecule has 0 fully saturated rings. The molecule has 3 rings (SSSR count). The number of nitrogens with one attached hydrogen (secondary N) is 1. The molecule has 2 amide bonds. The van der Waals surface area contributed by atoms with Crippen molar-refractivity contribution in [3.8, 4) is 5.75 Å². The SMILES string of the molecule is O=C(NCCCO)[C@@H](c1ccccc1)N(Cc1ccc(Cl)cc1)C(=O)COc1ccccc1Cl. The van der Waals surface area contributed by atoms with E-state index >= 15 is 0 Å². The van der Waals surface area contributed by atoms with E-state index in [2.05, 4.69) is 5.32 Å². The number of hydrogen-bond donors (Lipinski definition) is 2. The number of aliphatic hydroxyl groups excluding tert-OH is 1. The molecule has 0 aliphatic heterocycles. The molecule has 178 valence electrons. The first kappa shape index (κ1) is 25.6. The number of benzene rings is 3. The van der Waals surface area contributed by atoms with Crippen LogP contribution in [0, 0.1) is 0 Å². The summed E-state index contributed by atoms with van der Waals surface area (Å²) in [5.41, 5.74) is 1.46. The molecule has 0 aliphatic carbocycles. The molecule has 34 heavy (non-hydrogen) atoms. The van der Waals surface area contributed by atoms with Crippen LogP contribution in [0.4, 0.5) is 0 Å². The Kier molecular flexibility index (Phi) is 9.76. The molecule has 0 heterocycles. The first-order valence-corrected chi connectivity index (χ1v) is 11.6. The molecule has 3 aromatic carbocycles. The highest BCUT2D eigenvalue weighted by Crippen LogP contribution is 2.26. The fourth-order valence-corrected chi connectivity index (χ4v) is 3.71. The van der Waals surface area contributed by atoms with E-state index in [1.54, 1.807) is 48.5 Å². The number of para-hydroxylation sites is 1. The number of aliphatic hydroxyl groups is 1. The third-order valence-corrected chi connectivity index (χ3v) is 5.65. The summed E-state index contributed by atoms with van der Waals surface area (Å²) < 4.78 is 5.69. The Morgan fingerprint density at radius 2 is 1.62 bits per heavy atom. The smallest absolute Gasteiger partial charge is 0.261 e. The van der Waals surface area contributed by atoms with Crippen molar-refractivity contribution in [2.75, 3.05) is 19.8 Å². The molecule has 0 saturated heterocycles. The average molecular weight is 501 g/mol. The van der Waals surface area contributed by atoms with E-state index in [1.165, 1.54) is 4.90 Å². The van der Waals surface area contributed by atoms with Crippen LogP contribution in [0.5, 0.6) is 5.75 Å². The van der Waals surface area contributed by atoms with Crippen LogP contribution < -0.4 is 10.1 Å². The second kappa shape index (κ2) is 13.0. The van der Waals surface area contributed by atoms with Gasteiger partial charge < -0.3 is 20.1 Å². The molecular weight excluding hydrogens is 475 g/mol. The molecule has 8 heteroatoms. The lowest BCUT2D eigenvalue weighted by Crippen LogP contribution is -2.45. The minimum Gasteiger partial charge on any atom is -0.482 e. The number of carbonyl (C=O) groups is 2. The van der Waals surface area contributed by atoms with Gasteiger partial charge in [0.15, 0.2) is 6.61 Å². The summed E-state index contributed by atoms with van der Waals surface area (Å²) in [6, 6.07) is 22.1. The summed E-state index contributed by atoms with van der Waals surface area (Å²) in [5, 5.41) is 12.9. The largest absolute Gasteiger partial charge is 0.482 e. The number of carbonyl (C=O) groups excluding carboxylic acids is 2. The van der Waals surface area contributed by atoms with Crippen LogP contribution in [0.15, 0.2) is 78.9 Å². The number of nitrogens with zero attached hydrogens (tertiary/aromatic N) is 1.